The molecule has 0 saturated carbocycles. The highest BCUT2D eigenvalue weighted by atomic mass is 19.4. The van der Waals surface area contributed by atoms with Crippen LogP contribution in [0.3, 0.4) is 0 Å². The lowest BCUT2D eigenvalue weighted by Crippen LogP contribution is -2.10. The Bertz CT molecular complexity index is 828. The van der Waals surface area contributed by atoms with Gasteiger partial charge in [0, 0.05) is 11.4 Å². The summed E-state index contributed by atoms with van der Waals surface area (Å²) in [6.45, 7) is 1.98. The van der Waals surface area contributed by atoms with Gasteiger partial charge in [-0.25, -0.2) is 4.39 Å². The third-order valence-electron chi connectivity index (χ3n) is 6.23. The summed E-state index contributed by atoms with van der Waals surface area (Å²) in [5.74, 6) is -1.16. The molecule has 0 fully saturated rings. The van der Waals surface area contributed by atoms with Gasteiger partial charge in [-0.05, 0) is 86.6 Å². The minimum Gasteiger partial charge on any atom is -0.258 e. The minimum absolute atomic E-state index is 0.0361. The van der Waals surface area contributed by atoms with Gasteiger partial charge in [-0.2, -0.15) is 13.2 Å². The second-order valence-corrected chi connectivity index (χ2v) is 8.41. The number of unbranched alkanes of at least 4 members (excludes halogenated alkanes) is 3. The first kappa shape index (κ1) is 22.8. The van der Waals surface area contributed by atoms with E-state index < -0.39 is 17.6 Å². The Balaban J connectivity index is 1.43. The predicted octanol–water partition coefficient (Wildman–Crippen LogP) is 7.81. The van der Waals surface area contributed by atoms with Gasteiger partial charge >= 0.3 is 6.18 Å². The molecule has 1 aliphatic carbocycles. The van der Waals surface area contributed by atoms with Crippen molar-refractivity contribution >= 4 is 0 Å². The van der Waals surface area contributed by atoms with E-state index in [1.807, 2.05) is 6.92 Å². The zero-order valence-electron chi connectivity index (χ0n) is 17.7. The summed E-state index contributed by atoms with van der Waals surface area (Å²) in [6, 6.07) is 7.84. The molecule has 1 aliphatic rings. The Morgan fingerprint density at radius 2 is 1.73 bits per heavy atom. The molecule has 2 aromatic rings. The fourth-order valence-electron chi connectivity index (χ4n) is 4.44. The molecule has 0 bridgehead atoms. The van der Waals surface area contributed by atoms with Gasteiger partial charge in [0.25, 0.3) is 0 Å². The third-order valence-corrected chi connectivity index (χ3v) is 6.23. The van der Waals surface area contributed by atoms with Gasteiger partial charge in [-0.3, -0.25) is 4.98 Å². The number of aromatic nitrogens is 1. The van der Waals surface area contributed by atoms with E-state index in [9.17, 15) is 17.6 Å². The summed E-state index contributed by atoms with van der Waals surface area (Å²) in [7, 11) is 0. The number of benzene rings is 1. The van der Waals surface area contributed by atoms with Crippen LogP contribution in [0.15, 0.2) is 30.3 Å². The first-order chi connectivity index (χ1) is 14.4. The highest BCUT2D eigenvalue weighted by Crippen LogP contribution is 2.35. The maximum absolute atomic E-state index is 13.5. The predicted molar refractivity (Wildman–Crippen MR) is 112 cm³/mol. The molecule has 30 heavy (non-hydrogen) atoms. The molecule has 1 heterocycles. The quantitative estimate of drug-likeness (QED) is 0.297. The van der Waals surface area contributed by atoms with E-state index >= 15 is 0 Å². The summed E-state index contributed by atoms with van der Waals surface area (Å²) in [5, 5.41) is 0. The van der Waals surface area contributed by atoms with Crippen LogP contribution in [0, 0.1) is 5.82 Å². The van der Waals surface area contributed by atoms with Gasteiger partial charge in [0.05, 0.1) is 5.56 Å². The lowest BCUT2D eigenvalue weighted by atomic mass is 9.89. The highest BCUT2D eigenvalue weighted by molar-refractivity contribution is 5.30. The van der Waals surface area contributed by atoms with E-state index in [2.05, 4.69) is 12.1 Å². The molecule has 1 nitrogen and oxygen atoms in total. The van der Waals surface area contributed by atoms with Gasteiger partial charge in [-0.1, -0.05) is 38.3 Å². The molecule has 0 amide bonds. The number of hydrogen-bond acceptors (Lipinski definition) is 1. The summed E-state index contributed by atoms with van der Waals surface area (Å²) >= 11 is 0. The average molecular weight is 422 g/mol. The topological polar surface area (TPSA) is 12.9 Å². The standard InChI is InChI=1S/C25H31F4N/c1-2-18(20-14-16-23(26)22(17-20)25(27,28)29)9-5-3-4-6-11-21-15-13-19-10-7-8-12-24(19)30-21/h13-18H,2-12H2,1H3. The number of aryl methyl sites for hydroxylation is 3. The van der Waals surface area contributed by atoms with Crippen molar-refractivity contribution in [2.24, 2.45) is 0 Å². The van der Waals surface area contributed by atoms with Crippen LogP contribution in [0.1, 0.15) is 92.3 Å². The number of alkyl halides is 3. The molecule has 1 atom stereocenters. The Morgan fingerprint density at radius 3 is 2.50 bits per heavy atom. The van der Waals surface area contributed by atoms with E-state index in [4.69, 9.17) is 4.98 Å². The second-order valence-electron chi connectivity index (χ2n) is 8.41. The van der Waals surface area contributed by atoms with Crippen molar-refractivity contribution in [2.45, 2.75) is 89.6 Å². The molecule has 1 aromatic carbocycles. The molecule has 0 spiro atoms. The number of pyridine rings is 1. The van der Waals surface area contributed by atoms with Gasteiger partial charge in [-0.15, -0.1) is 0 Å². The third kappa shape index (κ3) is 6.05. The van der Waals surface area contributed by atoms with Gasteiger partial charge < -0.3 is 0 Å². The number of rotatable bonds is 9. The van der Waals surface area contributed by atoms with Crippen LogP contribution in [-0.4, -0.2) is 4.98 Å². The van der Waals surface area contributed by atoms with Gasteiger partial charge in [0.15, 0.2) is 0 Å². The SMILES string of the molecule is CCC(CCCCCCc1ccc2c(n1)CCCC2)c1ccc(F)c(C(F)(F)F)c1. The molecule has 1 aromatic heterocycles. The highest BCUT2D eigenvalue weighted by Gasteiger charge is 2.34. The van der Waals surface area contributed by atoms with Crippen LogP contribution in [0.4, 0.5) is 17.6 Å². The van der Waals surface area contributed by atoms with Crippen LogP contribution in [-0.2, 0) is 25.4 Å². The monoisotopic (exact) mass is 421 g/mol. The van der Waals surface area contributed by atoms with Crippen LogP contribution in [0.5, 0.6) is 0 Å². The lowest BCUT2D eigenvalue weighted by molar-refractivity contribution is -0.140. The normalized spacial score (nSPS) is 15.1. The summed E-state index contributed by atoms with van der Waals surface area (Å²) in [5.41, 5.74) is 3.29. The van der Waals surface area contributed by atoms with Crippen LogP contribution < -0.4 is 0 Å². The molecular weight excluding hydrogens is 390 g/mol. The van der Waals surface area contributed by atoms with E-state index in [0.717, 1.165) is 69.9 Å². The van der Waals surface area contributed by atoms with Crippen LogP contribution in [0.25, 0.3) is 0 Å². The second kappa shape index (κ2) is 10.4. The number of fused-ring (bicyclic) bond motifs is 1. The van der Waals surface area contributed by atoms with Gasteiger partial charge in [0.1, 0.15) is 5.82 Å². The van der Waals surface area contributed by atoms with Crippen molar-refractivity contribution in [1.29, 1.82) is 0 Å². The maximum Gasteiger partial charge on any atom is 0.419 e. The molecule has 1 unspecified atom stereocenters. The number of hydrogen-bond donors (Lipinski definition) is 0. The Kier molecular flexibility index (Phi) is 7.90. The van der Waals surface area contributed by atoms with E-state index in [0.29, 0.717) is 5.56 Å². The van der Waals surface area contributed by atoms with Crippen molar-refractivity contribution in [3.8, 4) is 0 Å². The average Bonchev–Trinajstić information content (AvgIpc) is 2.73. The molecular formula is C25H31F4N. The molecule has 0 aliphatic heterocycles. The van der Waals surface area contributed by atoms with Crippen molar-refractivity contribution < 1.29 is 17.6 Å². The molecule has 3 rings (SSSR count). The molecule has 0 radical (unpaired) electrons. The van der Waals surface area contributed by atoms with E-state index in [-0.39, 0.29) is 5.92 Å². The molecule has 164 valence electrons. The summed E-state index contributed by atoms with van der Waals surface area (Å²) in [6.07, 6.45) is 6.86. The minimum atomic E-state index is -4.65. The van der Waals surface area contributed by atoms with Crippen molar-refractivity contribution in [1.82, 2.24) is 4.98 Å². The van der Waals surface area contributed by atoms with E-state index in [1.54, 1.807) is 0 Å². The first-order valence-electron chi connectivity index (χ1n) is 11.2. The van der Waals surface area contributed by atoms with Crippen LogP contribution in [0.2, 0.25) is 0 Å². The Labute approximate surface area is 176 Å². The van der Waals surface area contributed by atoms with Crippen molar-refractivity contribution in [3.05, 3.63) is 64.2 Å². The molecule has 0 N–H and O–H groups in total. The zero-order chi connectivity index (χ0) is 21.6. The maximum atomic E-state index is 13.5. The smallest absolute Gasteiger partial charge is 0.258 e. The zero-order valence-corrected chi connectivity index (χ0v) is 17.7. The largest absolute Gasteiger partial charge is 0.419 e. The molecule has 5 heteroatoms. The summed E-state index contributed by atoms with van der Waals surface area (Å²) in [4.78, 5) is 4.82. The fraction of sp³-hybridized carbons (Fsp3) is 0.560. The summed E-state index contributed by atoms with van der Waals surface area (Å²) < 4.78 is 52.5. The Morgan fingerprint density at radius 1 is 0.967 bits per heavy atom. The Hall–Kier alpha value is -1.91. The lowest BCUT2D eigenvalue weighted by Gasteiger charge is -2.18. The van der Waals surface area contributed by atoms with Gasteiger partial charge in [0.2, 0.25) is 0 Å². The molecule has 0 saturated heterocycles. The van der Waals surface area contributed by atoms with E-state index in [1.165, 1.54) is 35.9 Å². The van der Waals surface area contributed by atoms with Crippen molar-refractivity contribution in [2.75, 3.05) is 0 Å². The fourth-order valence-corrected chi connectivity index (χ4v) is 4.44. The number of halogens is 4. The first-order valence-corrected chi connectivity index (χ1v) is 11.2. The van der Waals surface area contributed by atoms with Crippen molar-refractivity contribution in [3.63, 3.8) is 0 Å². The van der Waals surface area contributed by atoms with Crippen LogP contribution >= 0.6 is 0 Å². The number of nitrogens with zero attached hydrogens (tertiary/aromatic N) is 1.